The summed E-state index contributed by atoms with van der Waals surface area (Å²) in [5, 5.41) is 12.9. The number of carbonyl (C=O) groups is 2. The minimum absolute atomic E-state index is 0.154. The Morgan fingerprint density at radius 1 is 0.846 bits per heavy atom. The molecule has 0 aliphatic heterocycles. The molecule has 0 aliphatic carbocycles. The van der Waals surface area contributed by atoms with E-state index < -0.39 is 5.97 Å². The third kappa shape index (κ3) is 7.57. The molecule has 0 radical (unpaired) electrons. The van der Waals surface area contributed by atoms with Crippen molar-refractivity contribution in [2.75, 3.05) is 11.9 Å². The van der Waals surface area contributed by atoms with Gasteiger partial charge in [0.15, 0.2) is 0 Å². The van der Waals surface area contributed by atoms with Crippen LogP contribution >= 0.6 is 0 Å². The van der Waals surface area contributed by atoms with E-state index in [1.807, 2.05) is 74.5 Å². The molecule has 0 unspecified atom stereocenters. The molecule has 0 aliphatic rings. The normalized spacial score (nSPS) is 10.7. The summed E-state index contributed by atoms with van der Waals surface area (Å²) in [6.45, 7) is 4.57. The molecule has 5 nitrogen and oxygen atoms in total. The molecular formula is C34H35NO4. The van der Waals surface area contributed by atoms with E-state index in [-0.39, 0.29) is 17.9 Å². The van der Waals surface area contributed by atoms with Gasteiger partial charge in [-0.3, -0.25) is 4.79 Å². The van der Waals surface area contributed by atoms with Crippen LogP contribution in [0.1, 0.15) is 52.4 Å². The number of rotatable bonds is 12. The fourth-order valence-corrected chi connectivity index (χ4v) is 4.63. The van der Waals surface area contributed by atoms with Crippen molar-refractivity contribution in [1.29, 1.82) is 0 Å². The van der Waals surface area contributed by atoms with Gasteiger partial charge in [-0.1, -0.05) is 85.3 Å². The van der Waals surface area contributed by atoms with Crippen LogP contribution in [0.4, 0.5) is 5.69 Å². The number of ether oxygens (including phenoxy) is 1. The highest BCUT2D eigenvalue weighted by molar-refractivity contribution is 5.98. The average Bonchev–Trinajstić information content (AvgIpc) is 2.94. The molecule has 4 aromatic rings. The van der Waals surface area contributed by atoms with Crippen molar-refractivity contribution in [3.05, 3.63) is 119 Å². The lowest BCUT2D eigenvalue weighted by atomic mass is 9.94. The Labute approximate surface area is 230 Å². The highest BCUT2D eigenvalue weighted by atomic mass is 16.5. The van der Waals surface area contributed by atoms with Gasteiger partial charge in [0.2, 0.25) is 5.91 Å². The SMILES string of the molecule is CCCOc1c(CCCc2ccccc2)cc(-c2ccccc2C(=O)O)cc1NC(=O)Cc1ccc(C)cc1. The number of carbonyl (C=O) groups excluding carboxylic acids is 1. The maximum atomic E-state index is 13.2. The van der Waals surface area contributed by atoms with Crippen LogP contribution in [0.25, 0.3) is 11.1 Å². The number of amides is 1. The lowest BCUT2D eigenvalue weighted by Gasteiger charge is -2.19. The maximum absolute atomic E-state index is 13.2. The summed E-state index contributed by atoms with van der Waals surface area (Å²) >= 11 is 0. The second kappa shape index (κ2) is 13.4. The Bertz CT molecular complexity index is 1410. The molecule has 0 aromatic heterocycles. The number of aromatic carboxylic acids is 1. The van der Waals surface area contributed by atoms with E-state index in [4.69, 9.17) is 4.74 Å². The molecule has 0 heterocycles. The predicted molar refractivity (Wildman–Crippen MR) is 157 cm³/mol. The highest BCUT2D eigenvalue weighted by Crippen LogP contribution is 2.37. The zero-order valence-electron chi connectivity index (χ0n) is 22.6. The van der Waals surface area contributed by atoms with Crippen LogP contribution in [-0.2, 0) is 24.1 Å². The van der Waals surface area contributed by atoms with E-state index in [1.165, 1.54) is 5.56 Å². The average molecular weight is 522 g/mol. The van der Waals surface area contributed by atoms with Crippen molar-refractivity contribution in [1.82, 2.24) is 0 Å². The number of hydrogen-bond acceptors (Lipinski definition) is 3. The summed E-state index contributed by atoms with van der Waals surface area (Å²) in [5.74, 6) is -0.495. The third-order valence-electron chi connectivity index (χ3n) is 6.60. The van der Waals surface area contributed by atoms with E-state index in [1.54, 1.807) is 18.2 Å². The molecule has 0 fully saturated rings. The molecule has 5 heteroatoms. The Balaban J connectivity index is 1.71. The second-order valence-electron chi connectivity index (χ2n) is 9.76. The quantitative estimate of drug-likeness (QED) is 0.202. The summed E-state index contributed by atoms with van der Waals surface area (Å²) in [4.78, 5) is 25.2. The van der Waals surface area contributed by atoms with Gasteiger partial charge >= 0.3 is 5.97 Å². The number of aryl methyl sites for hydroxylation is 3. The minimum atomic E-state index is -0.993. The molecule has 0 bridgehead atoms. The van der Waals surface area contributed by atoms with E-state index in [2.05, 4.69) is 17.4 Å². The van der Waals surface area contributed by atoms with Crippen molar-refractivity contribution in [2.45, 2.75) is 46.0 Å². The van der Waals surface area contributed by atoms with Gasteiger partial charge in [-0.2, -0.15) is 0 Å². The first kappa shape index (κ1) is 27.6. The molecule has 4 rings (SSSR count). The number of benzene rings is 4. The zero-order valence-corrected chi connectivity index (χ0v) is 22.6. The van der Waals surface area contributed by atoms with Crippen molar-refractivity contribution in [3.8, 4) is 16.9 Å². The minimum Gasteiger partial charge on any atom is -0.491 e. The molecule has 39 heavy (non-hydrogen) atoms. The molecule has 2 N–H and O–H groups in total. The Kier molecular flexibility index (Phi) is 9.52. The Hall–Kier alpha value is -4.38. The molecule has 200 valence electrons. The van der Waals surface area contributed by atoms with Crippen LogP contribution in [-0.4, -0.2) is 23.6 Å². The van der Waals surface area contributed by atoms with Crippen LogP contribution in [0.15, 0.2) is 91.0 Å². The number of hydrogen-bond donors (Lipinski definition) is 2. The predicted octanol–water partition coefficient (Wildman–Crippen LogP) is 7.51. The van der Waals surface area contributed by atoms with E-state index in [0.717, 1.165) is 47.9 Å². The molecular weight excluding hydrogens is 486 g/mol. The first-order valence-corrected chi connectivity index (χ1v) is 13.5. The monoisotopic (exact) mass is 521 g/mol. The number of carboxylic acids is 1. The zero-order chi connectivity index (χ0) is 27.6. The Morgan fingerprint density at radius 2 is 1.56 bits per heavy atom. The molecule has 0 atom stereocenters. The molecule has 0 saturated carbocycles. The van der Waals surface area contributed by atoms with Gasteiger partial charge in [0.05, 0.1) is 24.3 Å². The number of carboxylic acid groups (broad SMARTS) is 1. The highest BCUT2D eigenvalue weighted by Gasteiger charge is 2.19. The van der Waals surface area contributed by atoms with E-state index in [0.29, 0.717) is 23.6 Å². The van der Waals surface area contributed by atoms with Crippen LogP contribution in [0.3, 0.4) is 0 Å². The third-order valence-corrected chi connectivity index (χ3v) is 6.60. The van der Waals surface area contributed by atoms with Gasteiger partial charge in [0.25, 0.3) is 0 Å². The van der Waals surface area contributed by atoms with Crippen LogP contribution in [0, 0.1) is 6.92 Å². The summed E-state index contributed by atoms with van der Waals surface area (Å²) in [6.07, 6.45) is 3.56. The molecule has 0 spiro atoms. The van der Waals surface area contributed by atoms with Crippen molar-refractivity contribution < 1.29 is 19.4 Å². The maximum Gasteiger partial charge on any atom is 0.336 e. The second-order valence-corrected chi connectivity index (χ2v) is 9.76. The molecule has 0 saturated heterocycles. The van der Waals surface area contributed by atoms with Gasteiger partial charge in [-0.25, -0.2) is 4.79 Å². The summed E-state index contributed by atoms with van der Waals surface area (Å²) in [6, 6.07) is 29.0. The fourth-order valence-electron chi connectivity index (χ4n) is 4.63. The largest absolute Gasteiger partial charge is 0.491 e. The van der Waals surface area contributed by atoms with Gasteiger partial charge in [0.1, 0.15) is 5.75 Å². The van der Waals surface area contributed by atoms with E-state index in [9.17, 15) is 14.7 Å². The van der Waals surface area contributed by atoms with Crippen molar-refractivity contribution in [3.63, 3.8) is 0 Å². The lowest BCUT2D eigenvalue weighted by molar-refractivity contribution is -0.115. The Morgan fingerprint density at radius 3 is 2.28 bits per heavy atom. The van der Waals surface area contributed by atoms with Crippen LogP contribution in [0.2, 0.25) is 0 Å². The van der Waals surface area contributed by atoms with Gasteiger partial charge in [-0.15, -0.1) is 0 Å². The van der Waals surface area contributed by atoms with Crippen molar-refractivity contribution in [2.24, 2.45) is 0 Å². The smallest absolute Gasteiger partial charge is 0.336 e. The topological polar surface area (TPSA) is 75.6 Å². The first-order chi connectivity index (χ1) is 18.9. The first-order valence-electron chi connectivity index (χ1n) is 13.5. The standard InChI is InChI=1S/C34H35NO4/c1-3-20-39-33-27(13-9-12-25-10-5-4-6-11-25)22-28(29-14-7-8-15-30(29)34(37)38)23-31(33)35-32(36)21-26-18-16-24(2)17-19-26/h4-8,10-11,14-19,22-23H,3,9,12-13,20-21H2,1-2H3,(H,35,36)(H,37,38). The molecule has 4 aromatic carbocycles. The fraction of sp³-hybridized carbons (Fsp3) is 0.235. The summed E-state index contributed by atoms with van der Waals surface area (Å²) in [7, 11) is 0. The van der Waals surface area contributed by atoms with Crippen LogP contribution in [0.5, 0.6) is 5.75 Å². The summed E-state index contributed by atoms with van der Waals surface area (Å²) in [5.41, 5.74) is 6.38. The summed E-state index contributed by atoms with van der Waals surface area (Å²) < 4.78 is 6.22. The van der Waals surface area contributed by atoms with Gasteiger partial charge < -0.3 is 15.2 Å². The number of nitrogens with one attached hydrogen (secondary N) is 1. The van der Waals surface area contributed by atoms with Crippen molar-refractivity contribution >= 4 is 17.6 Å². The lowest BCUT2D eigenvalue weighted by Crippen LogP contribution is -2.16. The van der Waals surface area contributed by atoms with Gasteiger partial charge in [0, 0.05) is 0 Å². The van der Waals surface area contributed by atoms with Gasteiger partial charge in [-0.05, 0) is 78.6 Å². The van der Waals surface area contributed by atoms with Crippen LogP contribution < -0.4 is 10.1 Å². The molecule has 1 amide bonds. The van der Waals surface area contributed by atoms with E-state index >= 15 is 0 Å². The number of anilines is 1.